The van der Waals surface area contributed by atoms with Gasteiger partial charge in [-0.25, -0.2) is 4.79 Å². The molecule has 1 N–H and O–H groups in total. The molecule has 0 aliphatic carbocycles. The van der Waals surface area contributed by atoms with Crippen molar-refractivity contribution >= 4 is 17.7 Å². The number of carboxylic acid groups (broad SMARTS) is 1. The molecule has 4 nitrogen and oxygen atoms in total. The highest BCUT2D eigenvalue weighted by Gasteiger charge is 2.08. The average molecular weight is 216 g/mol. The van der Waals surface area contributed by atoms with Gasteiger partial charge < -0.3 is 14.3 Å². The van der Waals surface area contributed by atoms with E-state index in [-0.39, 0.29) is 5.76 Å². The number of hydrogen-bond donors (Lipinski definition) is 1. The molecule has 0 radical (unpaired) electrons. The van der Waals surface area contributed by atoms with Gasteiger partial charge in [-0.3, -0.25) is 0 Å². The first-order valence-electron chi connectivity index (χ1n) is 4.12. The van der Waals surface area contributed by atoms with Crippen molar-refractivity contribution in [3.63, 3.8) is 0 Å². The van der Waals surface area contributed by atoms with Crippen LogP contribution in [-0.2, 0) is 10.5 Å². The predicted molar refractivity (Wildman–Crippen MR) is 53.7 cm³/mol. The quantitative estimate of drug-likeness (QED) is 0.735. The van der Waals surface area contributed by atoms with E-state index in [1.807, 2.05) is 0 Å². The second-order valence-corrected chi connectivity index (χ2v) is 3.72. The summed E-state index contributed by atoms with van der Waals surface area (Å²) in [6, 6.07) is 3.15. The SMILES string of the molecule is COCCSCc1ccc(C(=O)O)o1. The number of rotatable bonds is 6. The molecule has 14 heavy (non-hydrogen) atoms. The highest BCUT2D eigenvalue weighted by molar-refractivity contribution is 7.98. The molecule has 0 saturated carbocycles. The van der Waals surface area contributed by atoms with Crippen LogP contribution in [0.1, 0.15) is 16.3 Å². The number of aromatic carboxylic acids is 1. The molecule has 0 amide bonds. The summed E-state index contributed by atoms with van der Waals surface area (Å²) in [4.78, 5) is 10.5. The standard InChI is InChI=1S/C9H12O4S/c1-12-4-5-14-6-7-2-3-8(13-7)9(10)11/h2-3H,4-6H2,1H3,(H,10,11). The molecule has 0 atom stereocenters. The first kappa shape index (κ1) is 11.1. The lowest BCUT2D eigenvalue weighted by Gasteiger charge is -1.97. The summed E-state index contributed by atoms with van der Waals surface area (Å²) in [5.41, 5.74) is 0. The average Bonchev–Trinajstić information content (AvgIpc) is 2.61. The minimum absolute atomic E-state index is 0.00709. The third-order valence-corrected chi connectivity index (χ3v) is 2.49. The molecule has 0 spiro atoms. The largest absolute Gasteiger partial charge is 0.475 e. The number of methoxy groups -OCH3 is 1. The van der Waals surface area contributed by atoms with Crippen molar-refractivity contribution in [2.75, 3.05) is 19.5 Å². The summed E-state index contributed by atoms with van der Waals surface area (Å²) in [6.07, 6.45) is 0. The van der Waals surface area contributed by atoms with E-state index < -0.39 is 5.97 Å². The topological polar surface area (TPSA) is 59.7 Å². The van der Waals surface area contributed by atoms with Crippen molar-refractivity contribution in [3.05, 3.63) is 23.7 Å². The minimum Gasteiger partial charge on any atom is -0.475 e. The highest BCUT2D eigenvalue weighted by atomic mass is 32.2. The fourth-order valence-electron chi connectivity index (χ4n) is 0.885. The molecule has 1 aromatic heterocycles. The van der Waals surface area contributed by atoms with E-state index in [2.05, 4.69) is 0 Å². The van der Waals surface area contributed by atoms with Crippen LogP contribution >= 0.6 is 11.8 Å². The Kier molecular flexibility index (Phi) is 4.55. The van der Waals surface area contributed by atoms with Gasteiger partial charge in [-0.2, -0.15) is 11.8 Å². The highest BCUT2D eigenvalue weighted by Crippen LogP contribution is 2.15. The third-order valence-electron chi connectivity index (χ3n) is 1.55. The second kappa shape index (κ2) is 5.72. The lowest BCUT2D eigenvalue weighted by molar-refractivity contribution is 0.0661. The minimum atomic E-state index is -1.03. The fourth-order valence-corrected chi connectivity index (χ4v) is 1.67. The van der Waals surface area contributed by atoms with Crippen LogP contribution in [0.4, 0.5) is 0 Å². The molecule has 0 saturated heterocycles. The van der Waals surface area contributed by atoms with Gasteiger partial charge in [0.25, 0.3) is 0 Å². The molecular formula is C9H12O4S. The first-order valence-corrected chi connectivity index (χ1v) is 5.28. The number of thioether (sulfide) groups is 1. The van der Waals surface area contributed by atoms with Gasteiger partial charge in [0.2, 0.25) is 5.76 Å². The van der Waals surface area contributed by atoms with E-state index in [0.29, 0.717) is 18.1 Å². The zero-order chi connectivity index (χ0) is 10.4. The Hall–Kier alpha value is -0.940. The van der Waals surface area contributed by atoms with Gasteiger partial charge in [-0.1, -0.05) is 0 Å². The van der Waals surface area contributed by atoms with E-state index in [1.54, 1.807) is 24.9 Å². The monoisotopic (exact) mass is 216 g/mol. The normalized spacial score (nSPS) is 10.4. The molecule has 0 aliphatic rings. The van der Waals surface area contributed by atoms with Crippen molar-refractivity contribution in [2.45, 2.75) is 5.75 Å². The Labute approximate surface area is 86.2 Å². The van der Waals surface area contributed by atoms with Crippen LogP contribution in [0, 0.1) is 0 Å². The summed E-state index contributed by atoms with van der Waals surface area (Å²) < 4.78 is 9.94. The molecule has 78 valence electrons. The van der Waals surface area contributed by atoms with E-state index in [4.69, 9.17) is 14.3 Å². The summed E-state index contributed by atoms with van der Waals surface area (Å²) in [7, 11) is 1.65. The third kappa shape index (κ3) is 3.43. The molecule has 0 aliphatic heterocycles. The number of hydrogen-bond acceptors (Lipinski definition) is 4. The van der Waals surface area contributed by atoms with Gasteiger partial charge in [0, 0.05) is 12.9 Å². The number of furan rings is 1. The number of ether oxygens (including phenoxy) is 1. The van der Waals surface area contributed by atoms with Crippen LogP contribution in [0.5, 0.6) is 0 Å². The van der Waals surface area contributed by atoms with Crippen LogP contribution in [0.15, 0.2) is 16.5 Å². The maximum absolute atomic E-state index is 10.5. The first-order chi connectivity index (χ1) is 6.74. The zero-order valence-electron chi connectivity index (χ0n) is 7.86. The fraction of sp³-hybridized carbons (Fsp3) is 0.444. The van der Waals surface area contributed by atoms with Crippen LogP contribution in [0.25, 0.3) is 0 Å². The number of carboxylic acids is 1. The molecule has 0 fully saturated rings. The van der Waals surface area contributed by atoms with Crippen LogP contribution in [0.2, 0.25) is 0 Å². The van der Waals surface area contributed by atoms with Gasteiger partial charge >= 0.3 is 5.97 Å². The van der Waals surface area contributed by atoms with Gasteiger partial charge in [-0.15, -0.1) is 0 Å². The van der Waals surface area contributed by atoms with Crippen LogP contribution < -0.4 is 0 Å². The maximum atomic E-state index is 10.5. The molecule has 5 heteroatoms. The van der Waals surface area contributed by atoms with Crippen molar-refractivity contribution in [1.29, 1.82) is 0 Å². The van der Waals surface area contributed by atoms with Crippen molar-refractivity contribution in [2.24, 2.45) is 0 Å². The van der Waals surface area contributed by atoms with Crippen molar-refractivity contribution < 1.29 is 19.1 Å². The van der Waals surface area contributed by atoms with Crippen molar-refractivity contribution in [3.8, 4) is 0 Å². The van der Waals surface area contributed by atoms with Gasteiger partial charge in [0.1, 0.15) is 5.76 Å². The lowest BCUT2D eigenvalue weighted by atomic mass is 10.4. The molecule has 0 unspecified atom stereocenters. The summed E-state index contributed by atoms with van der Waals surface area (Å²) >= 11 is 1.64. The lowest BCUT2D eigenvalue weighted by Crippen LogP contribution is -1.93. The summed E-state index contributed by atoms with van der Waals surface area (Å²) in [5.74, 6) is 1.20. The van der Waals surface area contributed by atoms with Crippen LogP contribution in [-0.4, -0.2) is 30.5 Å². The smallest absolute Gasteiger partial charge is 0.371 e. The van der Waals surface area contributed by atoms with Gasteiger partial charge in [-0.05, 0) is 12.1 Å². The maximum Gasteiger partial charge on any atom is 0.371 e. The number of carbonyl (C=O) groups is 1. The molecular weight excluding hydrogens is 204 g/mol. The molecule has 1 rings (SSSR count). The molecule has 0 bridgehead atoms. The summed E-state index contributed by atoms with van der Waals surface area (Å²) in [6.45, 7) is 0.692. The Morgan fingerprint density at radius 2 is 2.43 bits per heavy atom. The summed E-state index contributed by atoms with van der Waals surface area (Å²) in [5, 5.41) is 8.59. The van der Waals surface area contributed by atoms with Gasteiger partial charge in [0.15, 0.2) is 0 Å². The molecule has 0 aromatic carbocycles. The van der Waals surface area contributed by atoms with Crippen molar-refractivity contribution in [1.82, 2.24) is 0 Å². The van der Waals surface area contributed by atoms with Crippen LogP contribution in [0.3, 0.4) is 0 Å². The molecule has 1 heterocycles. The Morgan fingerprint density at radius 1 is 1.64 bits per heavy atom. The van der Waals surface area contributed by atoms with E-state index in [9.17, 15) is 4.79 Å². The van der Waals surface area contributed by atoms with E-state index in [1.165, 1.54) is 6.07 Å². The van der Waals surface area contributed by atoms with E-state index in [0.717, 1.165) is 5.75 Å². The zero-order valence-corrected chi connectivity index (χ0v) is 8.67. The molecule has 1 aromatic rings. The Bertz CT molecular complexity index is 295. The predicted octanol–water partition coefficient (Wildman–Crippen LogP) is 1.86. The Balaban J connectivity index is 2.33. The second-order valence-electron chi connectivity index (χ2n) is 2.62. The Morgan fingerprint density at radius 3 is 3.00 bits per heavy atom. The van der Waals surface area contributed by atoms with Gasteiger partial charge in [0.05, 0.1) is 12.4 Å². The van der Waals surface area contributed by atoms with E-state index >= 15 is 0 Å².